The highest BCUT2D eigenvalue weighted by Gasteiger charge is 2.05. The normalized spacial score (nSPS) is 9.67. The van der Waals surface area contributed by atoms with Gasteiger partial charge < -0.3 is 16.6 Å². The smallest absolute Gasteiger partial charge is 0.121 e. The molecule has 0 fully saturated rings. The fourth-order valence-corrected chi connectivity index (χ4v) is 1.03. The van der Waals surface area contributed by atoms with Gasteiger partial charge in [0.25, 0.3) is 0 Å². The molecule has 1 rings (SSSR count). The lowest BCUT2D eigenvalue weighted by Crippen LogP contribution is -1.99. The summed E-state index contributed by atoms with van der Waals surface area (Å²) < 4.78 is 0. The fraction of sp³-hybridized carbons (Fsp3) is 0.111. The van der Waals surface area contributed by atoms with Crippen molar-refractivity contribution in [2.45, 2.75) is 6.42 Å². The lowest BCUT2D eigenvalue weighted by Gasteiger charge is -2.07. The summed E-state index contributed by atoms with van der Waals surface area (Å²) in [4.78, 5) is 0. The van der Waals surface area contributed by atoms with Gasteiger partial charge in [0.05, 0.1) is 11.4 Å². The minimum Gasteiger partial charge on any atom is -0.508 e. The zero-order valence-corrected chi connectivity index (χ0v) is 6.75. The average Bonchev–Trinajstić information content (AvgIpc) is 2.06. The fourth-order valence-electron chi connectivity index (χ4n) is 1.03. The van der Waals surface area contributed by atoms with Crippen LogP contribution in [0.3, 0.4) is 0 Å². The molecule has 0 aliphatic heterocycles. The van der Waals surface area contributed by atoms with E-state index in [1.807, 2.05) is 0 Å². The van der Waals surface area contributed by atoms with Crippen molar-refractivity contribution in [2.75, 3.05) is 11.5 Å². The van der Waals surface area contributed by atoms with Gasteiger partial charge in [0, 0.05) is 5.56 Å². The Labute approximate surface area is 71.3 Å². The van der Waals surface area contributed by atoms with Gasteiger partial charge >= 0.3 is 0 Å². The van der Waals surface area contributed by atoms with Crippen LogP contribution in [0.4, 0.5) is 11.4 Å². The van der Waals surface area contributed by atoms with E-state index in [0.29, 0.717) is 23.4 Å². The predicted octanol–water partition coefficient (Wildman–Crippen LogP) is 1.29. The molecule has 0 aromatic heterocycles. The number of allylic oxidation sites excluding steroid dienone is 1. The Morgan fingerprint density at radius 1 is 1.42 bits per heavy atom. The third kappa shape index (κ3) is 1.34. The second-order valence-electron chi connectivity index (χ2n) is 2.56. The number of hydrogen-bond acceptors (Lipinski definition) is 3. The molecular weight excluding hydrogens is 152 g/mol. The Balaban J connectivity index is 3.22. The minimum absolute atomic E-state index is 0.168. The van der Waals surface area contributed by atoms with Gasteiger partial charge in [-0.2, -0.15) is 0 Å². The van der Waals surface area contributed by atoms with E-state index in [1.165, 1.54) is 6.07 Å². The van der Waals surface area contributed by atoms with E-state index in [9.17, 15) is 5.11 Å². The van der Waals surface area contributed by atoms with Crippen LogP contribution in [0.15, 0.2) is 24.8 Å². The highest BCUT2D eigenvalue weighted by molar-refractivity contribution is 5.70. The number of hydrogen-bond donors (Lipinski definition) is 3. The van der Waals surface area contributed by atoms with Crippen LogP contribution in [-0.4, -0.2) is 5.11 Å². The van der Waals surface area contributed by atoms with Crippen molar-refractivity contribution < 1.29 is 5.11 Å². The number of benzene rings is 1. The SMILES string of the molecule is C=CCc1c(O)ccc(N)c1N. The molecule has 3 nitrogen and oxygen atoms in total. The zero-order valence-electron chi connectivity index (χ0n) is 6.75. The first-order valence-corrected chi connectivity index (χ1v) is 3.63. The first-order chi connectivity index (χ1) is 5.66. The molecule has 0 aliphatic carbocycles. The number of phenolic OH excluding ortho intramolecular Hbond substituents is 1. The van der Waals surface area contributed by atoms with Gasteiger partial charge in [0.15, 0.2) is 0 Å². The van der Waals surface area contributed by atoms with Crippen molar-refractivity contribution in [2.24, 2.45) is 0 Å². The maximum Gasteiger partial charge on any atom is 0.121 e. The quantitative estimate of drug-likeness (QED) is 0.350. The van der Waals surface area contributed by atoms with Gasteiger partial charge in [0.1, 0.15) is 5.75 Å². The largest absolute Gasteiger partial charge is 0.508 e. The van der Waals surface area contributed by atoms with E-state index in [2.05, 4.69) is 6.58 Å². The van der Waals surface area contributed by atoms with E-state index >= 15 is 0 Å². The van der Waals surface area contributed by atoms with Gasteiger partial charge in [-0.3, -0.25) is 0 Å². The first kappa shape index (κ1) is 8.46. The van der Waals surface area contributed by atoms with Gasteiger partial charge in [-0.1, -0.05) is 6.08 Å². The zero-order chi connectivity index (χ0) is 9.14. The van der Waals surface area contributed by atoms with Crippen molar-refractivity contribution >= 4 is 11.4 Å². The topological polar surface area (TPSA) is 72.3 Å². The Bertz CT molecular complexity index is 308. The van der Waals surface area contributed by atoms with Crippen LogP contribution in [-0.2, 0) is 6.42 Å². The third-order valence-electron chi connectivity index (χ3n) is 1.71. The molecule has 12 heavy (non-hydrogen) atoms. The molecule has 0 amide bonds. The van der Waals surface area contributed by atoms with Crippen LogP contribution in [0.2, 0.25) is 0 Å². The second-order valence-corrected chi connectivity index (χ2v) is 2.56. The summed E-state index contributed by atoms with van der Waals surface area (Å²) in [7, 11) is 0. The molecule has 0 heterocycles. The van der Waals surface area contributed by atoms with E-state index < -0.39 is 0 Å². The molecule has 0 saturated carbocycles. The Hall–Kier alpha value is -1.64. The lowest BCUT2D eigenvalue weighted by molar-refractivity contribution is 0.470. The van der Waals surface area contributed by atoms with Gasteiger partial charge in [-0.05, 0) is 18.6 Å². The van der Waals surface area contributed by atoms with Crippen molar-refractivity contribution in [3.63, 3.8) is 0 Å². The van der Waals surface area contributed by atoms with Gasteiger partial charge in [0.2, 0.25) is 0 Å². The third-order valence-corrected chi connectivity index (χ3v) is 1.71. The van der Waals surface area contributed by atoms with E-state index in [0.717, 1.165) is 0 Å². The summed E-state index contributed by atoms with van der Waals surface area (Å²) in [5.74, 6) is 0.168. The van der Waals surface area contributed by atoms with Crippen LogP contribution in [0.1, 0.15) is 5.56 Å². The average molecular weight is 164 g/mol. The molecule has 1 aromatic carbocycles. The minimum atomic E-state index is 0.168. The van der Waals surface area contributed by atoms with Crippen LogP contribution >= 0.6 is 0 Å². The highest BCUT2D eigenvalue weighted by Crippen LogP contribution is 2.28. The molecule has 0 spiro atoms. The number of nitrogen functional groups attached to an aromatic ring is 2. The Morgan fingerprint density at radius 3 is 2.67 bits per heavy atom. The molecule has 0 atom stereocenters. The number of rotatable bonds is 2. The van der Waals surface area contributed by atoms with E-state index in [4.69, 9.17) is 11.5 Å². The number of phenols is 1. The molecular formula is C9H12N2O. The standard InChI is InChI=1S/C9H12N2O/c1-2-3-6-8(12)5-4-7(10)9(6)11/h2,4-5,12H,1,3,10-11H2. The Kier molecular flexibility index (Phi) is 2.24. The molecule has 64 valence electrons. The molecule has 0 radical (unpaired) electrons. The van der Waals surface area contributed by atoms with Crippen molar-refractivity contribution in [1.82, 2.24) is 0 Å². The van der Waals surface area contributed by atoms with Crippen molar-refractivity contribution in [3.05, 3.63) is 30.4 Å². The first-order valence-electron chi connectivity index (χ1n) is 3.63. The number of nitrogens with two attached hydrogens (primary N) is 2. The second kappa shape index (κ2) is 3.17. The molecule has 1 aromatic rings. The van der Waals surface area contributed by atoms with Crippen molar-refractivity contribution in [1.29, 1.82) is 0 Å². The van der Waals surface area contributed by atoms with Crippen LogP contribution < -0.4 is 11.5 Å². The molecule has 0 saturated heterocycles. The highest BCUT2D eigenvalue weighted by atomic mass is 16.3. The predicted molar refractivity (Wildman–Crippen MR) is 50.8 cm³/mol. The summed E-state index contributed by atoms with van der Waals surface area (Å²) in [5, 5.41) is 9.36. The van der Waals surface area contributed by atoms with E-state index in [1.54, 1.807) is 12.1 Å². The van der Waals surface area contributed by atoms with Gasteiger partial charge in [-0.25, -0.2) is 0 Å². The van der Waals surface area contributed by atoms with E-state index in [-0.39, 0.29) is 5.75 Å². The molecule has 0 bridgehead atoms. The molecule has 5 N–H and O–H groups in total. The van der Waals surface area contributed by atoms with Crippen LogP contribution in [0.25, 0.3) is 0 Å². The maximum atomic E-state index is 9.36. The van der Waals surface area contributed by atoms with Gasteiger partial charge in [-0.15, -0.1) is 6.58 Å². The van der Waals surface area contributed by atoms with Crippen LogP contribution in [0, 0.1) is 0 Å². The van der Waals surface area contributed by atoms with Crippen LogP contribution in [0.5, 0.6) is 5.75 Å². The summed E-state index contributed by atoms with van der Waals surface area (Å²) >= 11 is 0. The lowest BCUT2D eigenvalue weighted by atomic mass is 10.1. The molecule has 3 heteroatoms. The number of anilines is 2. The molecule has 0 aliphatic rings. The summed E-state index contributed by atoms with van der Waals surface area (Å²) in [5.41, 5.74) is 12.8. The summed E-state index contributed by atoms with van der Waals surface area (Å²) in [6.45, 7) is 3.56. The number of aromatic hydroxyl groups is 1. The Morgan fingerprint density at radius 2 is 2.08 bits per heavy atom. The maximum absolute atomic E-state index is 9.36. The summed E-state index contributed by atoms with van der Waals surface area (Å²) in [6.07, 6.45) is 2.20. The summed E-state index contributed by atoms with van der Waals surface area (Å²) in [6, 6.07) is 3.11. The van der Waals surface area contributed by atoms with Crippen molar-refractivity contribution in [3.8, 4) is 5.75 Å². The molecule has 0 unspecified atom stereocenters. The monoisotopic (exact) mass is 164 g/mol.